The van der Waals surface area contributed by atoms with Gasteiger partial charge in [0.25, 0.3) is 10.0 Å². The smallest absolute Gasteiger partial charge is 0.489 e. The van der Waals surface area contributed by atoms with Crippen molar-refractivity contribution in [3.8, 4) is 10.8 Å². The van der Waals surface area contributed by atoms with Crippen molar-refractivity contribution in [3.63, 3.8) is 0 Å². The van der Waals surface area contributed by atoms with Gasteiger partial charge in [-0.3, -0.25) is 4.72 Å². The molecule has 0 spiro atoms. The fraction of sp³-hybridized carbons (Fsp3) is 0.476. The Balaban J connectivity index is 2.20. The summed E-state index contributed by atoms with van der Waals surface area (Å²) in [6.07, 6.45) is 3.46. The molecule has 0 saturated heterocycles. The summed E-state index contributed by atoms with van der Waals surface area (Å²) in [5.41, 5.74) is 1.14. The van der Waals surface area contributed by atoms with Crippen LogP contribution >= 0.6 is 11.3 Å². The van der Waals surface area contributed by atoms with E-state index in [1.54, 1.807) is 18.2 Å². The lowest BCUT2D eigenvalue weighted by molar-refractivity contribution is 0.122. The molecule has 0 amide bonds. The van der Waals surface area contributed by atoms with Crippen LogP contribution in [0, 0.1) is 0 Å². The Labute approximate surface area is 188 Å². The maximum atomic E-state index is 12.9. The Hall–Kier alpha value is -2.46. The van der Waals surface area contributed by atoms with Gasteiger partial charge in [0.2, 0.25) is 5.06 Å². The zero-order valence-corrected chi connectivity index (χ0v) is 19.9. The number of carbonyl (C=O) groups excluding carboxylic acids is 1. The molecule has 2 N–H and O–H groups in total. The van der Waals surface area contributed by atoms with Gasteiger partial charge in [0.05, 0.1) is 18.9 Å². The van der Waals surface area contributed by atoms with Gasteiger partial charge in [-0.15, -0.1) is 11.3 Å². The monoisotopic (exact) mass is 470 g/mol. The number of ether oxygens (including phenoxy) is 3. The third kappa shape index (κ3) is 7.62. The summed E-state index contributed by atoms with van der Waals surface area (Å²) in [7, 11) is -2.88. The molecule has 10 heteroatoms. The fourth-order valence-electron chi connectivity index (χ4n) is 2.73. The van der Waals surface area contributed by atoms with E-state index in [0.717, 1.165) is 43.5 Å². The Morgan fingerprint density at radius 2 is 1.94 bits per heavy atom. The fourth-order valence-corrected chi connectivity index (χ4v) is 4.99. The van der Waals surface area contributed by atoms with E-state index in [-0.39, 0.29) is 16.1 Å². The molecule has 0 fully saturated rings. The van der Waals surface area contributed by atoms with Crippen LogP contribution in [0.15, 0.2) is 34.5 Å². The lowest BCUT2D eigenvalue weighted by Gasteiger charge is -2.17. The van der Waals surface area contributed by atoms with Gasteiger partial charge in [0.15, 0.2) is 0 Å². The highest BCUT2D eigenvalue weighted by molar-refractivity contribution is 7.93. The van der Waals surface area contributed by atoms with Crippen molar-refractivity contribution < 1.29 is 27.4 Å². The molecule has 0 radical (unpaired) electrons. The van der Waals surface area contributed by atoms with E-state index < -0.39 is 16.2 Å². The quantitative estimate of drug-likeness (QED) is 0.313. The molecule has 8 nitrogen and oxygen atoms in total. The van der Waals surface area contributed by atoms with Gasteiger partial charge < -0.3 is 19.5 Å². The molecule has 0 saturated carbocycles. The average Bonchev–Trinajstić information content (AvgIpc) is 3.18. The molecule has 2 aromatic rings. The number of unbranched alkanes of at least 4 members (excludes halogenated alkanes) is 3. The van der Waals surface area contributed by atoms with E-state index in [9.17, 15) is 13.2 Å². The van der Waals surface area contributed by atoms with E-state index in [1.165, 1.54) is 24.3 Å². The molecular weight excluding hydrogens is 440 g/mol. The van der Waals surface area contributed by atoms with Crippen LogP contribution in [0.1, 0.15) is 46.5 Å². The molecule has 1 heterocycles. The minimum absolute atomic E-state index is 0.0731. The summed E-state index contributed by atoms with van der Waals surface area (Å²) >= 11 is 0.979. The van der Waals surface area contributed by atoms with Gasteiger partial charge in [-0.05, 0) is 43.8 Å². The van der Waals surface area contributed by atoms with Crippen LogP contribution in [0.25, 0.3) is 0 Å². The zero-order valence-electron chi connectivity index (χ0n) is 18.3. The van der Waals surface area contributed by atoms with Crippen LogP contribution in [-0.4, -0.2) is 34.3 Å². The predicted molar refractivity (Wildman–Crippen MR) is 123 cm³/mol. The van der Waals surface area contributed by atoms with Crippen molar-refractivity contribution in [3.05, 3.63) is 29.6 Å². The van der Waals surface area contributed by atoms with Crippen LogP contribution in [0.2, 0.25) is 0 Å². The number of thiophene rings is 1. The molecule has 1 aromatic carbocycles. The lowest BCUT2D eigenvalue weighted by atomic mass is 10.2. The number of hydrogen-bond donors (Lipinski definition) is 2. The average molecular weight is 471 g/mol. The Morgan fingerprint density at radius 3 is 2.61 bits per heavy atom. The van der Waals surface area contributed by atoms with E-state index in [4.69, 9.17) is 9.47 Å². The SMILES string of the molecule is CCCCCCNc1ccc(NS(=O)(=O)c2ccsc2OC(=O)OC)c(OC(C)C)c1. The third-order valence-corrected chi connectivity index (χ3v) is 6.48. The molecule has 0 atom stereocenters. The molecule has 1 aromatic heterocycles. The van der Waals surface area contributed by atoms with Crippen LogP contribution in [0.3, 0.4) is 0 Å². The van der Waals surface area contributed by atoms with Crippen molar-refractivity contribution in [2.75, 3.05) is 23.7 Å². The summed E-state index contributed by atoms with van der Waals surface area (Å²) < 4.78 is 43.6. The van der Waals surface area contributed by atoms with Gasteiger partial charge in [-0.1, -0.05) is 26.2 Å². The number of sulfonamides is 1. The summed E-state index contributed by atoms with van der Waals surface area (Å²) in [6, 6.07) is 6.58. The van der Waals surface area contributed by atoms with E-state index in [2.05, 4.69) is 21.7 Å². The largest absolute Gasteiger partial charge is 0.514 e. The predicted octanol–water partition coefficient (Wildman–Crippen LogP) is 5.47. The second-order valence-corrected chi connectivity index (χ2v) is 9.63. The topological polar surface area (TPSA) is 103 Å². The van der Waals surface area contributed by atoms with Crippen molar-refractivity contribution >= 4 is 38.9 Å². The highest BCUT2D eigenvalue weighted by Crippen LogP contribution is 2.35. The van der Waals surface area contributed by atoms with Gasteiger partial charge in [-0.2, -0.15) is 0 Å². The summed E-state index contributed by atoms with van der Waals surface area (Å²) in [5.74, 6) is 0.405. The van der Waals surface area contributed by atoms with Gasteiger partial charge >= 0.3 is 6.16 Å². The number of hydrogen-bond acceptors (Lipinski definition) is 8. The molecule has 0 aliphatic heterocycles. The highest BCUT2D eigenvalue weighted by Gasteiger charge is 2.25. The molecule has 172 valence electrons. The first-order valence-corrected chi connectivity index (χ1v) is 12.5. The normalized spacial score (nSPS) is 11.3. The molecule has 31 heavy (non-hydrogen) atoms. The number of methoxy groups -OCH3 is 1. The summed E-state index contributed by atoms with van der Waals surface area (Å²) in [4.78, 5) is 11.2. The van der Waals surface area contributed by atoms with Crippen LogP contribution < -0.4 is 19.5 Å². The zero-order chi connectivity index (χ0) is 22.9. The number of benzene rings is 1. The van der Waals surface area contributed by atoms with Gasteiger partial charge in [0.1, 0.15) is 10.6 Å². The first kappa shape index (κ1) is 24.8. The van der Waals surface area contributed by atoms with Crippen LogP contribution in [0.4, 0.5) is 16.2 Å². The lowest BCUT2D eigenvalue weighted by Crippen LogP contribution is -2.16. The number of rotatable bonds is 12. The Morgan fingerprint density at radius 1 is 1.16 bits per heavy atom. The van der Waals surface area contributed by atoms with Gasteiger partial charge in [0, 0.05) is 18.3 Å². The second-order valence-electron chi connectivity index (χ2n) is 7.10. The van der Waals surface area contributed by atoms with Crippen molar-refractivity contribution in [2.24, 2.45) is 0 Å². The van der Waals surface area contributed by atoms with Crippen molar-refractivity contribution in [1.82, 2.24) is 0 Å². The first-order chi connectivity index (χ1) is 14.8. The van der Waals surface area contributed by atoms with Crippen molar-refractivity contribution in [1.29, 1.82) is 0 Å². The first-order valence-electron chi connectivity index (χ1n) is 10.2. The minimum Gasteiger partial charge on any atom is -0.489 e. The maximum absolute atomic E-state index is 12.9. The number of anilines is 2. The van der Waals surface area contributed by atoms with E-state index in [0.29, 0.717) is 11.4 Å². The Kier molecular flexibility index (Phi) is 9.44. The van der Waals surface area contributed by atoms with Crippen LogP contribution in [-0.2, 0) is 14.8 Å². The van der Waals surface area contributed by atoms with E-state index >= 15 is 0 Å². The number of nitrogens with one attached hydrogen (secondary N) is 2. The number of carbonyl (C=O) groups is 1. The van der Waals surface area contributed by atoms with E-state index in [1.807, 2.05) is 13.8 Å². The summed E-state index contributed by atoms with van der Waals surface area (Å²) in [6.45, 7) is 6.73. The van der Waals surface area contributed by atoms with Crippen LogP contribution in [0.5, 0.6) is 10.8 Å². The molecule has 0 aliphatic carbocycles. The maximum Gasteiger partial charge on any atom is 0.514 e. The summed E-state index contributed by atoms with van der Waals surface area (Å²) in [5, 5.41) is 4.79. The standard InChI is InChI=1S/C21H30N2O6S2/c1-5-6-7-8-12-22-16-9-10-17(18(14-16)28-15(2)3)23-31(25,26)19-11-13-30-20(19)29-21(24)27-4/h9-11,13-15,22-23H,5-8,12H2,1-4H3. The van der Waals surface area contributed by atoms with Gasteiger partial charge in [-0.25, -0.2) is 13.2 Å². The molecular formula is C21H30N2O6S2. The molecule has 0 unspecified atom stereocenters. The second kappa shape index (κ2) is 11.8. The molecule has 0 aliphatic rings. The minimum atomic E-state index is -4.03. The Bertz CT molecular complexity index is 957. The third-order valence-electron chi connectivity index (χ3n) is 4.18. The van der Waals surface area contributed by atoms with Crippen molar-refractivity contribution in [2.45, 2.75) is 57.5 Å². The molecule has 0 bridgehead atoms. The highest BCUT2D eigenvalue weighted by atomic mass is 32.2. The molecule has 2 rings (SSSR count).